The molecule has 0 bridgehead atoms. The van der Waals surface area contributed by atoms with E-state index in [2.05, 4.69) is 10.1 Å². The van der Waals surface area contributed by atoms with Crippen molar-refractivity contribution >= 4 is 34.3 Å². The van der Waals surface area contributed by atoms with Gasteiger partial charge in [0.15, 0.2) is 5.75 Å². The predicted molar refractivity (Wildman–Crippen MR) is 107 cm³/mol. The number of benzene rings is 1. The lowest BCUT2D eigenvalue weighted by Gasteiger charge is -2.24. The summed E-state index contributed by atoms with van der Waals surface area (Å²) in [4.78, 5) is 25.6. The van der Waals surface area contributed by atoms with E-state index in [1.54, 1.807) is 0 Å². The van der Waals surface area contributed by atoms with Gasteiger partial charge in [0.1, 0.15) is 12.0 Å². The summed E-state index contributed by atoms with van der Waals surface area (Å²) in [6.45, 7) is 2.15. The Balaban J connectivity index is 1.67. The van der Waals surface area contributed by atoms with Gasteiger partial charge in [-0.15, -0.1) is 0 Å². The Labute approximate surface area is 175 Å². The second kappa shape index (κ2) is 7.09. The quantitative estimate of drug-likeness (QED) is 0.714. The highest BCUT2D eigenvalue weighted by Gasteiger charge is 2.41. The first-order valence-corrected chi connectivity index (χ1v) is 10.3. The van der Waals surface area contributed by atoms with E-state index in [0.29, 0.717) is 19.0 Å². The molecule has 7 nitrogen and oxygen atoms in total. The fourth-order valence-corrected chi connectivity index (χ4v) is 5.20. The molecule has 1 aromatic carbocycles. The van der Waals surface area contributed by atoms with E-state index < -0.39 is 35.4 Å². The highest BCUT2D eigenvalue weighted by Crippen LogP contribution is 2.45. The Morgan fingerprint density at radius 3 is 2.80 bits per heavy atom. The summed E-state index contributed by atoms with van der Waals surface area (Å²) >= 11 is 6.64. The number of nitrogens with one attached hydrogen (secondary N) is 1. The third kappa shape index (κ3) is 3.11. The number of hydrogen-bond acceptors (Lipinski definition) is 5. The maximum atomic E-state index is 15.2. The van der Waals surface area contributed by atoms with Crippen LogP contribution in [0.5, 0.6) is 5.75 Å². The van der Waals surface area contributed by atoms with Crippen molar-refractivity contribution in [3.05, 3.63) is 33.3 Å². The van der Waals surface area contributed by atoms with Crippen LogP contribution in [-0.2, 0) is 0 Å². The number of hydrogen-bond donors (Lipinski definition) is 2. The van der Waals surface area contributed by atoms with E-state index in [1.807, 2.05) is 4.90 Å². The summed E-state index contributed by atoms with van der Waals surface area (Å²) < 4.78 is 35.1. The smallest absolute Gasteiger partial charge is 0.449 e. The number of aromatic nitrogens is 1. The van der Waals surface area contributed by atoms with Gasteiger partial charge in [0.05, 0.1) is 33.9 Å². The number of ether oxygens (including phenoxy) is 1. The van der Waals surface area contributed by atoms with Crippen LogP contribution in [0, 0.1) is 11.7 Å². The van der Waals surface area contributed by atoms with Crippen LogP contribution in [0.2, 0.25) is 5.02 Å². The molecule has 3 fully saturated rings. The Morgan fingerprint density at radius 2 is 2.13 bits per heavy atom. The van der Waals surface area contributed by atoms with Crippen LogP contribution in [-0.4, -0.2) is 47.7 Å². The molecule has 1 saturated carbocycles. The van der Waals surface area contributed by atoms with Crippen LogP contribution in [0.1, 0.15) is 25.3 Å². The van der Waals surface area contributed by atoms with E-state index in [1.165, 1.54) is 4.57 Å². The summed E-state index contributed by atoms with van der Waals surface area (Å²) in [6.07, 6.45) is 0.632. The Kier molecular flexibility index (Phi) is 4.62. The molecular formula is C20H20ClF2N3O4. The average Bonchev–Trinajstić information content (AvgIpc) is 3.26. The second-order valence-corrected chi connectivity index (χ2v) is 8.58. The van der Waals surface area contributed by atoms with Gasteiger partial charge in [-0.2, -0.15) is 0 Å². The van der Waals surface area contributed by atoms with E-state index in [-0.39, 0.29) is 34.1 Å². The van der Waals surface area contributed by atoms with Gasteiger partial charge < -0.3 is 24.6 Å². The number of nitrogens with zero attached hydrogens (tertiary/aromatic N) is 2. The topological polar surface area (TPSA) is 83.8 Å². The fraction of sp³-hybridized carbons (Fsp3) is 0.500. The van der Waals surface area contributed by atoms with Crippen LogP contribution in [0.3, 0.4) is 0 Å². The summed E-state index contributed by atoms with van der Waals surface area (Å²) in [5.74, 6) is -0.791. The molecule has 0 amide bonds. The summed E-state index contributed by atoms with van der Waals surface area (Å²) in [5, 5.41) is 12.3. The van der Waals surface area contributed by atoms with Crippen molar-refractivity contribution in [1.29, 1.82) is 0 Å². The molecule has 3 aliphatic rings. The molecule has 5 rings (SSSR count). The van der Waals surface area contributed by atoms with Crippen molar-refractivity contribution in [3.8, 4) is 5.75 Å². The molecule has 2 aromatic rings. The molecule has 0 radical (unpaired) electrons. The van der Waals surface area contributed by atoms with Crippen molar-refractivity contribution < 1.29 is 23.4 Å². The standard InChI is InChI=1S/C20H20ClF2N3O4/c21-16-17-10(19(27)15(30-20(28)29)8-26(17)14-5-11(14)22)4-12(23)18(16)25-6-9-2-1-3-24-13(9)7-25/h4,8-9,11,13-14,24H,1-3,5-7H2,(H,28,29)/t9?,11-,13?,14+/m0/s1. The molecular weight excluding hydrogens is 420 g/mol. The number of piperidine rings is 1. The number of carbonyl (C=O) groups is 1. The molecule has 2 N–H and O–H groups in total. The van der Waals surface area contributed by atoms with Crippen molar-refractivity contribution in [2.24, 2.45) is 5.92 Å². The molecule has 4 atom stereocenters. The third-order valence-corrected chi connectivity index (χ3v) is 6.66. The van der Waals surface area contributed by atoms with Crippen LogP contribution in [0.4, 0.5) is 19.3 Å². The zero-order valence-corrected chi connectivity index (χ0v) is 16.7. The zero-order chi connectivity index (χ0) is 21.2. The molecule has 1 aromatic heterocycles. The van der Waals surface area contributed by atoms with Crippen LogP contribution < -0.4 is 20.4 Å². The number of fused-ring (bicyclic) bond motifs is 2. The minimum absolute atomic E-state index is 0.0294. The lowest BCUT2D eigenvalue weighted by molar-refractivity contribution is 0.143. The van der Waals surface area contributed by atoms with E-state index in [9.17, 15) is 14.0 Å². The van der Waals surface area contributed by atoms with Gasteiger partial charge in [-0.1, -0.05) is 11.6 Å². The summed E-state index contributed by atoms with van der Waals surface area (Å²) in [6, 6.07) is 0.690. The summed E-state index contributed by atoms with van der Waals surface area (Å²) in [7, 11) is 0. The van der Waals surface area contributed by atoms with Crippen molar-refractivity contribution in [2.45, 2.75) is 37.5 Å². The SMILES string of the molecule is O=C(O)Oc1cn([C@@H]2C[C@@H]2F)c2c(Cl)c(N3CC4CCCNC4C3)c(F)cc2c1=O. The number of rotatable bonds is 3. The normalized spacial score (nSPS) is 27.9. The Bertz CT molecular complexity index is 1090. The van der Waals surface area contributed by atoms with Crippen molar-refractivity contribution in [1.82, 2.24) is 9.88 Å². The number of halogens is 3. The second-order valence-electron chi connectivity index (χ2n) is 8.20. The van der Waals surface area contributed by atoms with Crippen LogP contribution in [0.15, 0.2) is 17.1 Å². The molecule has 160 valence electrons. The lowest BCUT2D eigenvalue weighted by atomic mass is 9.94. The number of alkyl halides is 1. The molecule has 3 heterocycles. The minimum atomic E-state index is -1.68. The third-order valence-electron chi connectivity index (χ3n) is 6.30. The first-order chi connectivity index (χ1) is 14.3. The molecule has 2 unspecified atom stereocenters. The Hall–Kier alpha value is -2.39. The van der Waals surface area contributed by atoms with Gasteiger partial charge in [0.2, 0.25) is 5.43 Å². The number of pyridine rings is 1. The largest absolute Gasteiger partial charge is 0.511 e. The average molecular weight is 440 g/mol. The number of carboxylic acid groups (broad SMARTS) is 1. The highest BCUT2D eigenvalue weighted by molar-refractivity contribution is 6.38. The van der Waals surface area contributed by atoms with Crippen molar-refractivity contribution in [2.75, 3.05) is 24.5 Å². The first kappa shape index (κ1) is 19.6. The fourth-order valence-electron chi connectivity index (χ4n) is 4.79. The zero-order valence-electron chi connectivity index (χ0n) is 15.9. The monoisotopic (exact) mass is 439 g/mol. The first-order valence-electron chi connectivity index (χ1n) is 9.95. The van der Waals surface area contributed by atoms with Crippen LogP contribution in [0.25, 0.3) is 10.9 Å². The maximum absolute atomic E-state index is 15.2. The van der Waals surface area contributed by atoms with Gasteiger partial charge in [-0.05, 0) is 31.4 Å². The molecule has 1 aliphatic carbocycles. The molecule has 0 spiro atoms. The van der Waals surface area contributed by atoms with Crippen LogP contribution >= 0.6 is 11.6 Å². The minimum Gasteiger partial charge on any atom is -0.449 e. The molecule has 2 aliphatic heterocycles. The molecule has 2 saturated heterocycles. The lowest BCUT2D eigenvalue weighted by Crippen LogP contribution is -2.40. The van der Waals surface area contributed by atoms with Gasteiger partial charge in [0, 0.05) is 25.6 Å². The van der Waals surface area contributed by atoms with E-state index in [0.717, 1.165) is 31.6 Å². The van der Waals surface area contributed by atoms with Crippen molar-refractivity contribution in [3.63, 3.8) is 0 Å². The van der Waals surface area contributed by atoms with Gasteiger partial charge >= 0.3 is 6.16 Å². The summed E-state index contributed by atoms with van der Waals surface area (Å²) in [5.41, 5.74) is -0.413. The van der Waals surface area contributed by atoms with Gasteiger partial charge in [-0.3, -0.25) is 4.79 Å². The van der Waals surface area contributed by atoms with Gasteiger partial charge in [0.25, 0.3) is 0 Å². The van der Waals surface area contributed by atoms with Gasteiger partial charge in [-0.25, -0.2) is 13.6 Å². The molecule has 30 heavy (non-hydrogen) atoms. The Morgan fingerprint density at radius 1 is 1.37 bits per heavy atom. The molecule has 10 heteroatoms. The number of anilines is 1. The highest BCUT2D eigenvalue weighted by atomic mass is 35.5. The predicted octanol–water partition coefficient (Wildman–Crippen LogP) is 3.32. The van der Waals surface area contributed by atoms with E-state index in [4.69, 9.17) is 16.7 Å². The van der Waals surface area contributed by atoms with E-state index >= 15 is 4.39 Å². The maximum Gasteiger partial charge on any atom is 0.511 e.